The Morgan fingerprint density at radius 2 is 1.52 bits per heavy atom. The molecule has 1 aromatic heterocycles. The van der Waals surface area contributed by atoms with Crippen molar-refractivity contribution in [1.82, 2.24) is 14.7 Å². The van der Waals surface area contributed by atoms with E-state index in [4.69, 9.17) is 23.2 Å². The van der Waals surface area contributed by atoms with Crippen LogP contribution in [0.4, 0.5) is 0 Å². The van der Waals surface area contributed by atoms with Crippen molar-refractivity contribution in [3.05, 3.63) is 90.8 Å². The molecule has 0 fully saturated rings. The Labute approximate surface area is 201 Å². The Morgan fingerprint density at radius 3 is 2.09 bits per heavy atom. The molecule has 0 saturated heterocycles. The smallest absolute Gasteiger partial charge is 0.275 e. The van der Waals surface area contributed by atoms with Crippen molar-refractivity contribution in [3.63, 3.8) is 0 Å². The van der Waals surface area contributed by atoms with E-state index in [0.717, 1.165) is 30.2 Å². The molecule has 2 heterocycles. The molecule has 3 aromatic rings. The van der Waals surface area contributed by atoms with Gasteiger partial charge in [0.2, 0.25) is 5.43 Å². The van der Waals surface area contributed by atoms with E-state index in [1.54, 1.807) is 11.9 Å². The summed E-state index contributed by atoms with van der Waals surface area (Å²) < 4.78 is 1.54. The van der Waals surface area contributed by atoms with Crippen LogP contribution in [0.2, 0.25) is 10.0 Å². The molecule has 1 N–H and O–H groups in total. The monoisotopic (exact) mass is 483 g/mol. The van der Waals surface area contributed by atoms with Crippen molar-refractivity contribution in [3.8, 4) is 5.75 Å². The van der Waals surface area contributed by atoms with Crippen molar-refractivity contribution < 1.29 is 9.90 Å². The Bertz CT molecular complexity index is 1270. The molecule has 0 unspecified atom stereocenters. The second kappa shape index (κ2) is 8.50. The maximum absolute atomic E-state index is 12.8. The second-order valence-corrected chi connectivity index (χ2v) is 9.77. The van der Waals surface area contributed by atoms with Gasteiger partial charge in [-0.05, 0) is 78.1 Å². The van der Waals surface area contributed by atoms with E-state index in [9.17, 15) is 14.7 Å². The third-order valence-electron chi connectivity index (χ3n) is 6.82. The molecule has 6 nitrogen and oxygen atoms in total. The summed E-state index contributed by atoms with van der Waals surface area (Å²) in [6.45, 7) is 0.414. The average Bonchev–Trinajstić information content (AvgIpc) is 2.85. The second-order valence-electron chi connectivity index (χ2n) is 8.90. The van der Waals surface area contributed by atoms with Gasteiger partial charge in [-0.1, -0.05) is 35.3 Å². The first-order valence-corrected chi connectivity index (χ1v) is 11.7. The maximum Gasteiger partial charge on any atom is 0.275 e. The predicted molar refractivity (Wildman–Crippen MR) is 127 cm³/mol. The van der Waals surface area contributed by atoms with Crippen molar-refractivity contribution in [1.29, 1.82) is 0 Å². The number of fused-ring (bicyclic) bond motifs is 3. The minimum Gasteiger partial charge on any atom is -0.502 e. The molecule has 5 rings (SSSR count). The number of aromatic nitrogens is 2. The Kier molecular flexibility index (Phi) is 5.67. The van der Waals surface area contributed by atoms with E-state index >= 15 is 0 Å². The van der Waals surface area contributed by atoms with Gasteiger partial charge in [-0.25, -0.2) is 0 Å². The van der Waals surface area contributed by atoms with Gasteiger partial charge in [0.15, 0.2) is 11.4 Å². The highest BCUT2D eigenvalue weighted by Crippen LogP contribution is 2.36. The number of aromatic hydroxyl groups is 1. The largest absolute Gasteiger partial charge is 0.502 e. The number of rotatable bonds is 1. The fourth-order valence-corrected chi connectivity index (χ4v) is 5.50. The third-order valence-corrected chi connectivity index (χ3v) is 7.29. The normalized spacial score (nSPS) is 18.6. The molecule has 1 aliphatic heterocycles. The van der Waals surface area contributed by atoms with Crippen LogP contribution in [0.3, 0.4) is 0 Å². The summed E-state index contributed by atoms with van der Waals surface area (Å²) in [4.78, 5) is 26.4. The van der Waals surface area contributed by atoms with Gasteiger partial charge in [0.05, 0.1) is 12.2 Å². The highest BCUT2D eigenvalue weighted by molar-refractivity contribution is 6.31. The highest BCUT2D eigenvalue weighted by atomic mass is 35.5. The summed E-state index contributed by atoms with van der Waals surface area (Å²) in [7, 11) is 1.68. The van der Waals surface area contributed by atoms with Crippen LogP contribution in [0.1, 0.15) is 38.8 Å². The molecule has 33 heavy (non-hydrogen) atoms. The lowest BCUT2D eigenvalue weighted by Gasteiger charge is -2.37. The van der Waals surface area contributed by atoms with Crippen LogP contribution in [-0.2, 0) is 25.7 Å². The molecule has 170 valence electrons. The van der Waals surface area contributed by atoms with Crippen LogP contribution in [0, 0.1) is 5.92 Å². The van der Waals surface area contributed by atoms with Gasteiger partial charge in [0, 0.05) is 23.6 Å². The van der Waals surface area contributed by atoms with E-state index in [1.807, 2.05) is 24.3 Å². The summed E-state index contributed by atoms with van der Waals surface area (Å²) in [6, 6.07) is 11.8. The molecule has 0 saturated carbocycles. The summed E-state index contributed by atoms with van der Waals surface area (Å²) in [6.07, 6.45) is 4.28. The number of carbonyl (C=O) groups is 1. The molecule has 0 radical (unpaired) electrons. The van der Waals surface area contributed by atoms with Crippen LogP contribution < -0.4 is 5.43 Å². The standard InChI is InChI=1S/C25H23Cl2N3O3/c1-29-13-21(30-23(25(29)33)24(32)22(31)12-28-30)18-8-16-10-19(26)6-4-14(16)2-3-15-5-7-20(27)11-17(15)9-18/h4-7,10-12,18,21,32H,2-3,8-9,13H2,1H3/t21-/m0/s1. The summed E-state index contributed by atoms with van der Waals surface area (Å²) >= 11 is 12.7. The van der Waals surface area contributed by atoms with Gasteiger partial charge >= 0.3 is 0 Å². The molecular weight excluding hydrogens is 461 g/mol. The molecule has 1 atom stereocenters. The summed E-state index contributed by atoms with van der Waals surface area (Å²) in [5.74, 6) is -0.952. The number of benzene rings is 2. The number of hydrogen-bond acceptors (Lipinski definition) is 4. The number of likely N-dealkylation sites (N-methyl/N-ethyl adjacent to an activating group) is 1. The number of nitrogens with zero attached hydrogens (tertiary/aromatic N) is 3. The fourth-order valence-electron chi connectivity index (χ4n) is 5.12. The molecule has 1 aliphatic carbocycles. The molecule has 2 aromatic carbocycles. The Balaban J connectivity index is 1.67. The topological polar surface area (TPSA) is 75.4 Å². The van der Waals surface area contributed by atoms with Crippen LogP contribution >= 0.6 is 23.2 Å². The Hall–Kier alpha value is -2.83. The van der Waals surface area contributed by atoms with Crippen molar-refractivity contribution in [2.75, 3.05) is 13.6 Å². The lowest BCUT2D eigenvalue weighted by atomic mass is 9.84. The van der Waals surface area contributed by atoms with E-state index in [-0.39, 0.29) is 17.7 Å². The number of aryl methyl sites for hydroxylation is 2. The lowest BCUT2D eigenvalue weighted by molar-refractivity contribution is 0.0653. The van der Waals surface area contributed by atoms with Crippen LogP contribution in [0.25, 0.3) is 0 Å². The van der Waals surface area contributed by atoms with Gasteiger partial charge in [-0.3, -0.25) is 14.3 Å². The molecule has 0 spiro atoms. The highest BCUT2D eigenvalue weighted by Gasteiger charge is 2.37. The Morgan fingerprint density at radius 1 is 0.939 bits per heavy atom. The zero-order valence-corrected chi connectivity index (χ0v) is 19.6. The first-order chi connectivity index (χ1) is 15.8. The van der Waals surface area contributed by atoms with E-state index < -0.39 is 17.1 Å². The average molecular weight is 484 g/mol. The van der Waals surface area contributed by atoms with Crippen LogP contribution in [0.15, 0.2) is 47.4 Å². The quantitative estimate of drug-likeness (QED) is 0.565. The first kappa shape index (κ1) is 22.0. The van der Waals surface area contributed by atoms with E-state index in [1.165, 1.54) is 15.8 Å². The number of halogens is 2. The SMILES string of the molecule is CN1C[C@@H](C2Cc3cc(Cl)ccc3CCc3ccc(Cl)cc3C2)n2ncc(=O)c(O)c2C1=O. The zero-order valence-electron chi connectivity index (χ0n) is 18.1. The first-order valence-electron chi connectivity index (χ1n) is 10.9. The van der Waals surface area contributed by atoms with Crippen molar-refractivity contribution in [2.45, 2.75) is 31.7 Å². The fraction of sp³-hybridized carbons (Fsp3) is 0.320. The minimum absolute atomic E-state index is 0.0150. The van der Waals surface area contributed by atoms with Crippen molar-refractivity contribution >= 4 is 29.1 Å². The number of hydrogen-bond donors (Lipinski definition) is 1. The molecule has 2 aliphatic rings. The molecule has 0 bridgehead atoms. The van der Waals surface area contributed by atoms with Gasteiger partial charge in [0.25, 0.3) is 5.91 Å². The van der Waals surface area contributed by atoms with Gasteiger partial charge in [0.1, 0.15) is 0 Å². The summed E-state index contributed by atoms with van der Waals surface area (Å²) in [5, 5.41) is 16.1. The van der Waals surface area contributed by atoms with Gasteiger partial charge < -0.3 is 10.0 Å². The lowest BCUT2D eigenvalue weighted by Crippen LogP contribution is -2.46. The minimum atomic E-state index is -0.660. The van der Waals surface area contributed by atoms with E-state index in [2.05, 4.69) is 17.2 Å². The maximum atomic E-state index is 12.8. The molecule has 1 amide bonds. The molecule has 8 heteroatoms. The number of carbonyl (C=O) groups excluding carboxylic acids is 1. The molecular formula is C25H23Cl2N3O3. The van der Waals surface area contributed by atoms with Crippen LogP contribution in [-0.4, -0.2) is 39.3 Å². The van der Waals surface area contributed by atoms with E-state index in [0.29, 0.717) is 29.4 Å². The number of amides is 1. The van der Waals surface area contributed by atoms with Gasteiger partial charge in [-0.15, -0.1) is 0 Å². The predicted octanol–water partition coefficient (Wildman–Crippen LogP) is 4.08. The third kappa shape index (κ3) is 4.02. The van der Waals surface area contributed by atoms with Gasteiger partial charge in [-0.2, -0.15) is 5.10 Å². The summed E-state index contributed by atoms with van der Waals surface area (Å²) in [5.41, 5.74) is 4.09. The van der Waals surface area contributed by atoms with Crippen molar-refractivity contribution in [2.24, 2.45) is 5.92 Å². The zero-order chi connectivity index (χ0) is 23.3. The van der Waals surface area contributed by atoms with Crippen LogP contribution in [0.5, 0.6) is 5.75 Å².